The van der Waals surface area contributed by atoms with Gasteiger partial charge in [0.15, 0.2) is 0 Å². The molecule has 0 spiro atoms. The minimum Gasteiger partial charge on any atom is -0.312 e. The first-order chi connectivity index (χ1) is 9.82. The molecule has 4 fully saturated rings. The first-order valence-electron chi connectivity index (χ1n) is 8.64. The van der Waals surface area contributed by atoms with Crippen molar-refractivity contribution < 1.29 is 0 Å². The van der Waals surface area contributed by atoms with E-state index in [1.54, 1.807) is 36.0 Å². The Bertz CT molecular complexity index is 509. The molecule has 1 aromatic rings. The zero-order valence-electron chi connectivity index (χ0n) is 12.3. The molecule has 0 atom stereocenters. The maximum Gasteiger partial charge on any atom is 0.0211 e. The van der Waals surface area contributed by atoms with Crippen LogP contribution < -0.4 is 5.32 Å². The van der Waals surface area contributed by atoms with Crippen LogP contribution in [0.2, 0.25) is 0 Å². The van der Waals surface area contributed by atoms with Crippen LogP contribution >= 0.6 is 0 Å². The third kappa shape index (κ3) is 1.59. The second kappa shape index (κ2) is 4.10. The first-order valence-corrected chi connectivity index (χ1v) is 8.64. The lowest BCUT2D eigenvalue weighted by molar-refractivity contribution is -0.00570. The van der Waals surface area contributed by atoms with Crippen LogP contribution in [0, 0.1) is 17.8 Å². The Hall–Kier alpha value is -0.820. The minimum absolute atomic E-state index is 0.569. The van der Waals surface area contributed by atoms with Gasteiger partial charge in [-0.1, -0.05) is 18.2 Å². The molecule has 1 aromatic carbocycles. The lowest BCUT2D eigenvalue weighted by atomic mass is 9.47. The van der Waals surface area contributed by atoms with Gasteiger partial charge in [0.05, 0.1) is 0 Å². The molecule has 5 aliphatic rings. The lowest BCUT2D eigenvalue weighted by Gasteiger charge is -2.57. The minimum atomic E-state index is 0.569. The summed E-state index contributed by atoms with van der Waals surface area (Å²) >= 11 is 0. The van der Waals surface area contributed by atoms with E-state index < -0.39 is 0 Å². The Labute approximate surface area is 122 Å². The molecular weight excluding hydrogens is 242 g/mol. The maximum absolute atomic E-state index is 3.61. The van der Waals surface area contributed by atoms with Crippen LogP contribution in [0.1, 0.15) is 55.2 Å². The Morgan fingerprint density at radius 3 is 2.35 bits per heavy atom. The molecule has 0 amide bonds. The van der Waals surface area contributed by atoms with Gasteiger partial charge in [0.2, 0.25) is 0 Å². The van der Waals surface area contributed by atoms with Gasteiger partial charge in [-0.2, -0.15) is 0 Å². The van der Waals surface area contributed by atoms with Crippen molar-refractivity contribution in [2.75, 3.05) is 6.54 Å². The Kier molecular flexibility index (Phi) is 2.42. The highest BCUT2D eigenvalue weighted by Gasteiger charge is 2.52. The van der Waals surface area contributed by atoms with Gasteiger partial charge >= 0.3 is 0 Å². The first kappa shape index (κ1) is 11.8. The van der Waals surface area contributed by atoms with Crippen LogP contribution in [0.25, 0.3) is 0 Å². The molecule has 4 saturated carbocycles. The Morgan fingerprint density at radius 1 is 0.950 bits per heavy atom. The molecule has 0 aromatic heterocycles. The molecule has 1 aliphatic heterocycles. The Balaban J connectivity index is 1.63. The summed E-state index contributed by atoms with van der Waals surface area (Å²) in [6.45, 7) is 2.28. The smallest absolute Gasteiger partial charge is 0.0211 e. The van der Waals surface area contributed by atoms with Crippen LogP contribution in [0.15, 0.2) is 18.2 Å². The molecule has 0 radical (unpaired) electrons. The standard InChI is InChI=1S/C19H25N/c1-2-16-4-5-20-12-17(16)18(3-1)19-9-13-6-14(10-19)8-15(7-13)11-19/h1-3,13-15,20H,4-12H2. The normalized spacial score (nSPS) is 41.7. The van der Waals surface area contributed by atoms with Crippen LogP contribution in [-0.4, -0.2) is 6.54 Å². The third-order valence-corrected chi connectivity index (χ3v) is 6.76. The van der Waals surface area contributed by atoms with Crippen LogP contribution in [-0.2, 0) is 18.4 Å². The summed E-state index contributed by atoms with van der Waals surface area (Å²) in [6.07, 6.45) is 10.4. The van der Waals surface area contributed by atoms with Crippen molar-refractivity contribution in [3.05, 3.63) is 34.9 Å². The molecule has 1 nitrogen and oxygen atoms in total. The highest BCUT2D eigenvalue weighted by Crippen LogP contribution is 2.61. The van der Waals surface area contributed by atoms with E-state index in [1.165, 1.54) is 25.7 Å². The SMILES string of the molecule is c1cc2c(c(C34CC5CC(CC(C5)C3)C4)c1)CNCC2. The largest absolute Gasteiger partial charge is 0.312 e. The van der Waals surface area contributed by atoms with Gasteiger partial charge in [-0.3, -0.25) is 0 Å². The van der Waals surface area contributed by atoms with E-state index in [2.05, 4.69) is 23.5 Å². The second-order valence-corrected chi connectivity index (χ2v) is 8.07. The number of hydrogen-bond acceptors (Lipinski definition) is 1. The average molecular weight is 267 g/mol. The predicted molar refractivity (Wildman–Crippen MR) is 81.7 cm³/mol. The molecule has 106 valence electrons. The molecule has 1 heterocycles. The molecular formula is C19H25N. The number of benzene rings is 1. The summed E-state index contributed by atoms with van der Waals surface area (Å²) < 4.78 is 0. The van der Waals surface area contributed by atoms with E-state index in [4.69, 9.17) is 0 Å². The summed E-state index contributed by atoms with van der Waals surface area (Å²) in [4.78, 5) is 0. The van der Waals surface area contributed by atoms with Crippen molar-refractivity contribution in [2.45, 2.75) is 56.9 Å². The molecule has 0 unspecified atom stereocenters. The van der Waals surface area contributed by atoms with Crippen LogP contribution in [0.5, 0.6) is 0 Å². The van der Waals surface area contributed by atoms with Crippen molar-refractivity contribution >= 4 is 0 Å². The molecule has 1 N–H and O–H groups in total. The monoisotopic (exact) mass is 267 g/mol. The molecule has 1 heteroatoms. The molecule has 6 rings (SSSR count). The number of nitrogens with one attached hydrogen (secondary N) is 1. The maximum atomic E-state index is 3.61. The highest BCUT2D eigenvalue weighted by atomic mass is 14.9. The summed E-state index contributed by atoms with van der Waals surface area (Å²) in [5.74, 6) is 3.15. The number of rotatable bonds is 1. The van der Waals surface area contributed by atoms with Crippen molar-refractivity contribution in [2.24, 2.45) is 17.8 Å². The number of hydrogen-bond donors (Lipinski definition) is 1. The number of fused-ring (bicyclic) bond motifs is 1. The van der Waals surface area contributed by atoms with E-state index in [1.807, 2.05) is 0 Å². The van der Waals surface area contributed by atoms with Gasteiger partial charge in [0.25, 0.3) is 0 Å². The Morgan fingerprint density at radius 2 is 1.65 bits per heavy atom. The van der Waals surface area contributed by atoms with Gasteiger partial charge in [-0.15, -0.1) is 0 Å². The summed E-state index contributed by atoms with van der Waals surface area (Å²) in [6, 6.07) is 7.21. The van der Waals surface area contributed by atoms with E-state index >= 15 is 0 Å². The fraction of sp³-hybridized carbons (Fsp3) is 0.684. The highest BCUT2D eigenvalue weighted by molar-refractivity contribution is 5.43. The van der Waals surface area contributed by atoms with Gasteiger partial charge < -0.3 is 5.32 Å². The zero-order valence-corrected chi connectivity index (χ0v) is 12.3. The van der Waals surface area contributed by atoms with Gasteiger partial charge in [-0.25, -0.2) is 0 Å². The second-order valence-electron chi connectivity index (χ2n) is 8.07. The fourth-order valence-electron chi connectivity index (χ4n) is 6.45. The lowest BCUT2D eigenvalue weighted by Crippen LogP contribution is -2.49. The molecule has 20 heavy (non-hydrogen) atoms. The fourth-order valence-corrected chi connectivity index (χ4v) is 6.45. The van der Waals surface area contributed by atoms with Crippen molar-refractivity contribution in [3.8, 4) is 0 Å². The average Bonchev–Trinajstić information content (AvgIpc) is 2.45. The van der Waals surface area contributed by atoms with Gasteiger partial charge in [-0.05, 0) is 91.3 Å². The van der Waals surface area contributed by atoms with Gasteiger partial charge in [0, 0.05) is 6.54 Å². The van der Waals surface area contributed by atoms with Crippen LogP contribution in [0.4, 0.5) is 0 Å². The van der Waals surface area contributed by atoms with Crippen molar-refractivity contribution in [1.29, 1.82) is 0 Å². The van der Waals surface area contributed by atoms with Crippen molar-refractivity contribution in [3.63, 3.8) is 0 Å². The third-order valence-electron chi connectivity index (χ3n) is 6.76. The van der Waals surface area contributed by atoms with Crippen LogP contribution in [0.3, 0.4) is 0 Å². The van der Waals surface area contributed by atoms with E-state index in [-0.39, 0.29) is 0 Å². The van der Waals surface area contributed by atoms with E-state index in [9.17, 15) is 0 Å². The van der Waals surface area contributed by atoms with E-state index in [0.29, 0.717) is 5.41 Å². The van der Waals surface area contributed by atoms with Crippen molar-refractivity contribution in [1.82, 2.24) is 5.32 Å². The summed E-state index contributed by atoms with van der Waals surface area (Å²) in [5.41, 5.74) is 5.64. The summed E-state index contributed by atoms with van der Waals surface area (Å²) in [7, 11) is 0. The summed E-state index contributed by atoms with van der Waals surface area (Å²) in [5, 5.41) is 3.61. The van der Waals surface area contributed by atoms with E-state index in [0.717, 1.165) is 30.8 Å². The quantitative estimate of drug-likeness (QED) is 0.816. The molecule has 4 bridgehead atoms. The predicted octanol–water partition coefficient (Wildman–Crippen LogP) is 3.80. The van der Waals surface area contributed by atoms with Gasteiger partial charge in [0.1, 0.15) is 0 Å². The topological polar surface area (TPSA) is 12.0 Å². The molecule has 4 aliphatic carbocycles. The zero-order chi connectivity index (χ0) is 13.2. The molecule has 0 saturated heterocycles.